The molecule has 1 atom stereocenters. The zero-order valence-corrected chi connectivity index (χ0v) is 14.0. The maximum Gasteiger partial charge on any atom is 0.274 e. The van der Waals surface area contributed by atoms with Gasteiger partial charge in [-0.3, -0.25) is 9.48 Å². The van der Waals surface area contributed by atoms with Crippen LogP contribution in [0.3, 0.4) is 0 Å². The fourth-order valence-electron chi connectivity index (χ4n) is 3.72. The number of nitrogens with zero attached hydrogens (tertiary/aromatic N) is 5. The molecule has 128 valence electrons. The van der Waals surface area contributed by atoms with Crippen LogP contribution in [-0.4, -0.2) is 43.8 Å². The number of aryl methyl sites for hydroxylation is 1. The van der Waals surface area contributed by atoms with Crippen LogP contribution in [0.5, 0.6) is 0 Å². The van der Waals surface area contributed by atoms with E-state index < -0.39 is 0 Å². The van der Waals surface area contributed by atoms with E-state index in [-0.39, 0.29) is 11.8 Å². The number of aromatic nitrogens is 4. The van der Waals surface area contributed by atoms with Gasteiger partial charge in [0.05, 0.1) is 5.92 Å². The van der Waals surface area contributed by atoms with Gasteiger partial charge in [0.15, 0.2) is 5.82 Å². The second kappa shape index (κ2) is 6.37. The quantitative estimate of drug-likeness (QED) is 0.861. The Hall–Kier alpha value is -2.18. The molecule has 2 aromatic rings. The highest BCUT2D eigenvalue weighted by molar-refractivity contribution is 5.92. The van der Waals surface area contributed by atoms with Crippen LogP contribution >= 0.6 is 0 Å². The molecule has 1 saturated heterocycles. The number of amides is 1. The highest BCUT2D eigenvalue weighted by Gasteiger charge is 2.33. The fourth-order valence-corrected chi connectivity index (χ4v) is 3.72. The first-order valence-corrected chi connectivity index (χ1v) is 8.91. The van der Waals surface area contributed by atoms with E-state index in [4.69, 9.17) is 4.52 Å². The van der Waals surface area contributed by atoms with Crippen LogP contribution < -0.4 is 0 Å². The van der Waals surface area contributed by atoms with E-state index >= 15 is 0 Å². The number of carbonyl (C=O) groups excluding carboxylic acids is 1. The van der Waals surface area contributed by atoms with Gasteiger partial charge >= 0.3 is 0 Å². The van der Waals surface area contributed by atoms with Crippen molar-refractivity contribution in [1.29, 1.82) is 0 Å². The SMILES string of the molecule is CCn1ccc(C(=O)N2CC[C@@H](c3nc(C4CCCC4)no3)C2)n1. The van der Waals surface area contributed by atoms with Crippen molar-refractivity contribution in [2.24, 2.45) is 0 Å². The summed E-state index contributed by atoms with van der Waals surface area (Å²) in [6.07, 6.45) is 7.54. The topological polar surface area (TPSA) is 77.0 Å². The van der Waals surface area contributed by atoms with Gasteiger partial charge in [0.25, 0.3) is 5.91 Å². The maximum atomic E-state index is 12.6. The first-order chi connectivity index (χ1) is 11.7. The molecule has 2 fully saturated rings. The molecular formula is C17H23N5O2. The Morgan fingerprint density at radius 2 is 2.12 bits per heavy atom. The molecule has 0 spiro atoms. The molecule has 1 aliphatic carbocycles. The second-order valence-electron chi connectivity index (χ2n) is 6.77. The van der Waals surface area contributed by atoms with Crippen molar-refractivity contribution in [1.82, 2.24) is 24.8 Å². The average molecular weight is 329 g/mol. The van der Waals surface area contributed by atoms with E-state index in [1.807, 2.05) is 18.0 Å². The highest BCUT2D eigenvalue weighted by Crippen LogP contribution is 2.34. The molecule has 4 rings (SSSR count). The monoisotopic (exact) mass is 329 g/mol. The van der Waals surface area contributed by atoms with Crippen molar-refractivity contribution in [3.63, 3.8) is 0 Å². The molecule has 1 saturated carbocycles. The number of hydrogen-bond donors (Lipinski definition) is 0. The molecule has 2 aromatic heterocycles. The van der Waals surface area contributed by atoms with Gasteiger partial charge < -0.3 is 9.42 Å². The predicted octanol–water partition coefficient (Wildman–Crippen LogP) is 2.57. The van der Waals surface area contributed by atoms with Crippen molar-refractivity contribution in [2.45, 2.75) is 57.4 Å². The largest absolute Gasteiger partial charge is 0.339 e. The third kappa shape index (κ3) is 2.83. The predicted molar refractivity (Wildman–Crippen MR) is 86.7 cm³/mol. The lowest BCUT2D eigenvalue weighted by Crippen LogP contribution is -2.29. The molecule has 0 N–H and O–H groups in total. The van der Waals surface area contributed by atoms with Crippen LogP contribution in [-0.2, 0) is 6.54 Å². The lowest BCUT2D eigenvalue weighted by atomic mass is 10.1. The summed E-state index contributed by atoms with van der Waals surface area (Å²) in [5, 5.41) is 8.48. The van der Waals surface area contributed by atoms with E-state index in [9.17, 15) is 4.79 Å². The molecule has 7 heteroatoms. The summed E-state index contributed by atoms with van der Waals surface area (Å²) in [6.45, 7) is 4.11. The third-order valence-electron chi connectivity index (χ3n) is 5.19. The van der Waals surface area contributed by atoms with Crippen LogP contribution in [0.25, 0.3) is 0 Å². The lowest BCUT2D eigenvalue weighted by Gasteiger charge is -2.13. The van der Waals surface area contributed by atoms with Crippen LogP contribution in [0.15, 0.2) is 16.8 Å². The Morgan fingerprint density at radius 1 is 1.29 bits per heavy atom. The Labute approximate surface area is 141 Å². The average Bonchev–Trinajstić information content (AvgIpc) is 3.41. The van der Waals surface area contributed by atoms with E-state index in [2.05, 4.69) is 15.2 Å². The van der Waals surface area contributed by atoms with Crippen molar-refractivity contribution in [3.8, 4) is 0 Å². The summed E-state index contributed by atoms with van der Waals surface area (Å²) in [6, 6.07) is 1.78. The van der Waals surface area contributed by atoms with E-state index in [1.165, 1.54) is 12.8 Å². The standard InChI is InChI=1S/C17H23N5O2/c1-2-22-10-8-14(19-22)17(23)21-9-7-13(11-21)16-18-15(20-24-16)12-5-3-4-6-12/h8,10,12-13H,2-7,9,11H2,1H3/t13-/m1/s1. The first kappa shape index (κ1) is 15.4. The molecule has 0 aromatic carbocycles. The van der Waals surface area contributed by atoms with Gasteiger partial charge in [-0.25, -0.2) is 0 Å². The minimum atomic E-state index is -0.0137. The summed E-state index contributed by atoms with van der Waals surface area (Å²) < 4.78 is 7.27. The molecule has 0 unspecified atom stereocenters. The van der Waals surface area contributed by atoms with Gasteiger partial charge in [-0.1, -0.05) is 18.0 Å². The van der Waals surface area contributed by atoms with Gasteiger partial charge in [-0.05, 0) is 32.3 Å². The Bertz CT molecular complexity index is 716. The third-order valence-corrected chi connectivity index (χ3v) is 5.19. The molecule has 0 bridgehead atoms. The van der Waals surface area contributed by atoms with Crippen LogP contribution in [0, 0.1) is 0 Å². The molecule has 24 heavy (non-hydrogen) atoms. The summed E-state index contributed by atoms with van der Waals surface area (Å²) in [4.78, 5) is 19.0. The highest BCUT2D eigenvalue weighted by atomic mass is 16.5. The van der Waals surface area contributed by atoms with Crippen LogP contribution in [0.1, 0.15) is 73.1 Å². The summed E-state index contributed by atoms with van der Waals surface area (Å²) >= 11 is 0. The van der Waals surface area contributed by atoms with Crippen molar-refractivity contribution in [2.75, 3.05) is 13.1 Å². The molecule has 7 nitrogen and oxygen atoms in total. The number of likely N-dealkylation sites (tertiary alicyclic amines) is 1. The maximum absolute atomic E-state index is 12.6. The minimum Gasteiger partial charge on any atom is -0.339 e. The number of rotatable bonds is 4. The number of carbonyl (C=O) groups is 1. The summed E-state index contributed by atoms with van der Waals surface area (Å²) in [5.74, 6) is 2.13. The Kier molecular flexibility index (Phi) is 4.08. The smallest absolute Gasteiger partial charge is 0.274 e. The van der Waals surface area contributed by atoms with E-state index in [1.54, 1.807) is 10.7 Å². The first-order valence-electron chi connectivity index (χ1n) is 8.91. The van der Waals surface area contributed by atoms with Crippen molar-refractivity contribution in [3.05, 3.63) is 29.7 Å². The fraction of sp³-hybridized carbons (Fsp3) is 0.647. The van der Waals surface area contributed by atoms with Crippen molar-refractivity contribution >= 4 is 5.91 Å². The van der Waals surface area contributed by atoms with Crippen LogP contribution in [0.4, 0.5) is 0 Å². The van der Waals surface area contributed by atoms with E-state index in [0.29, 0.717) is 30.6 Å². The molecular weight excluding hydrogens is 306 g/mol. The Morgan fingerprint density at radius 3 is 2.88 bits per heavy atom. The van der Waals surface area contributed by atoms with Gasteiger partial charge in [0.1, 0.15) is 5.69 Å². The summed E-state index contributed by atoms with van der Waals surface area (Å²) in [7, 11) is 0. The van der Waals surface area contributed by atoms with E-state index in [0.717, 1.165) is 31.6 Å². The Balaban J connectivity index is 1.41. The molecule has 1 aliphatic heterocycles. The zero-order valence-electron chi connectivity index (χ0n) is 14.0. The summed E-state index contributed by atoms with van der Waals surface area (Å²) in [5.41, 5.74) is 0.509. The van der Waals surface area contributed by atoms with Crippen molar-refractivity contribution < 1.29 is 9.32 Å². The van der Waals surface area contributed by atoms with Gasteiger partial charge in [-0.2, -0.15) is 10.1 Å². The minimum absolute atomic E-state index is 0.0137. The number of hydrogen-bond acceptors (Lipinski definition) is 5. The normalized spacial score (nSPS) is 21.7. The van der Waals surface area contributed by atoms with Gasteiger partial charge in [0.2, 0.25) is 5.89 Å². The molecule has 3 heterocycles. The lowest BCUT2D eigenvalue weighted by molar-refractivity contribution is 0.0783. The molecule has 0 radical (unpaired) electrons. The second-order valence-corrected chi connectivity index (χ2v) is 6.77. The molecule has 2 aliphatic rings. The van der Waals surface area contributed by atoms with Crippen LogP contribution in [0.2, 0.25) is 0 Å². The van der Waals surface area contributed by atoms with Gasteiger partial charge in [0, 0.05) is 31.7 Å². The molecule has 1 amide bonds. The van der Waals surface area contributed by atoms with Gasteiger partial charge in [-0.15, -0.1) is 0 Å². The zero-order chi connectivity index (χ0) is 16.5.